The first-order valence-electron chi connectivity index (χ1n) is 6.73. The van der Waals surface area contributed by atoms with Gasteiger partial charge >= 0.3 is 5.97 Å². The van der Waals surface area contributed by atoms with E-state index in [-0.39, 0.29) is 18.1 Å². The Hall–Kier alpha value is -1.39. The van der Waals surface area contributed by atoms with Crippen LogP contribution in [0.4, 0.5) is 0 Å². The van der Waals surface area contributed by atoms with Crippen molar-refractivity contribution in [2.24, 2.45) is 5.73 Å². The third kappa shape index (κ3) is 4.04. The van der Waals surface area contributed by atoms with Gasteiger partial charge in [-0.1, -0.05) is 12.1 Å². The highest BCUT2D eigenvalue weighted by Crippen LogP contribution is 2.21. The molecule has 0 aliphatic heterocycles. The Morgan fingerprint density at radius 2 is 2.05 bits per heavy atom. The summed E-state index contributed by atoms with van der Waals surface area (Å²) >= 11 is 0. The molecule has 4 heteroatoms. The van der Waals surface area contributed by atoms with Crippen molar-refractivity contribution < 1.29 is 14.3 Å². The van der Waals surface area contributed by atoms with Gasteiger partial charge in [-0.05, 0) is 43.4 Å². The lowest BCUT2D eigenvalue weighted by Crippen LogP contribution is -2.32. The van der Waals surface area contributed by atoms with Gasteiger partial charge in [-0.15, -0.1) is 0 Å². The fraction of sp³-hybridized carbons (Fsp3) is 0.533. The third-order valence-electron chi connectivity index (χ3n) is 3.53. The van der Waals surface area contributed by atoms with Gasteiger partial charge in [0.15, 0.2) is 0 Å². The van der Waals surface area contributed by atoms with Gasteiger partial charge in [0.25, 0.3) is 0 Å². The number of ether oxygens (including phenoxy) is 2. The SMILES string of the molecule is COC(=O)c1ccc(COC2CCCC(N)C2)cc1. The van der Waals surface area contributed by atoms with Gasteiger partial charge in [0.2, 0.25) is 0 Å². The Morgan fingerprint density at radius 1 is 1.32 bits per heavy atom. The number of benzene rings is 1. The van der Waals surface area contributed by atoms with Crippen LogP contribution in [0.25, 0.3) is 0 Å². The van der Waals surface area contributed by atoms with Gasteiger partial charge in [-0.3, -0.25) is 0 Å². The van der Waals surface area contributed by atoms with E-state index in [0.717, 1.165) is 31.2 Å². The Balaban J connectivity index is 1.84. The van der Waals surface area contributed by atoms with Crippen LogP contribution in [0.2, 0.25) is 0 Å². The first kappa shape index (κ1) is 14.0. The molecular weight excluding hydrogens is 242 g/mol. The van der Waals surface area contributed by atoms with E-state index in [0.29, 0.717) is 12.2 Å². The van der Waals surface area contributed by atoms with E-state index >= 15 is 0 Å². The first-order valence-corrected chi connectivity index (χ1v) is 6.73. The highest BCUT2D eigenvalue weighted by Gasteiger charge is 2.19. The largest absolute Gasteiger partial charge is 0.465 e. The van der Waals surface area contributed by atoms with E-state index in [1.165, 1.54) is 7.11 Å². The average Bonchev–Trinajstić information content (AvgIpc) is 2.45. The van der Waals surface area contributed by atoms with E-state index in [1.807, 2.05) is 12.1 Å². The topological polar surface area (TPSA) is 61.5 Å². The number of esters is 1. The van der Waals surface area contributed by atoms with E-state index in [1.54, 1.807) is 12.1 Å². The van der Waals surface area contributed by atoms with Gasteiger partial charge in [0, 0.05) is 6.04 Å². The fourth-order valence-corrected chi connectivity index (χ4v) is 2.40. The predicted octanol–water partition coefficient (Wildman–Crippen LogP) is 2.26. The fourth-order valence-electron chi connectivity index (χ4n) is 2.40. The molecule has 1 fully saturated rings. The number of rotatable bonds is 4. The summed E-state index contributed by atoms with van der Waals surface area (Å²) in [6, 6.07) is 7.60. The highest BCUT2D eigenvalue weighted by atomic mass is 16.5. The van der Waals surface area contributed by atoms with E-state index < -0.39 is 0 Å². The standard InChI is InChI=1S/C15H21NO3/c1-18-15(17)12-7-5-11(6-8-12)10-19-14-4-2-3-13(16)9-14/h5-8,13-14H,2-4,9-10,16H2,1H3. The molecule has 2 unspecified atom stereocenters. The Labute approximate surface area is 113 Å². The van der Waals surface area contributed by atoms with Crippen molar-refractivity contribution in [3.8, 4) is 0 Å². The number of hydrogen-bond donors (Lipinski definition) is 1. The molecule has 0 spiro atoms. The van der Waals surface area contributed by atoms with Gasteiger partial charge in [-0.25, -0.2) is 4.79 Å². The van der Waals surface area contributed by atoms with Gasteiger partial charge < -0.3 is 15.2 Å². The molecular formula is C15H21NO3. The van der Waals surface area contributed by atoms with Gasteiger partial charge in [0.05, 0.1) is 25.4 Å². The molecule has 1 aliphatic rings. The van der Waals surface area contributed by atoms with Crippen LogP contribution in [-0.4, -0.2) is 25.2 Å². The van der Waals surface area contributed by atoms with Crippen LogP contribution < -0.4 is 5.73 Å². The minimum absolute atomic E-state index is 0.268. The average molecular weight is 263 g/mol. The zero-order valence-corrected chi connectivity index (χ0v) is 11.3. The zero-order valence-electron chi connectivity index (χ0n) is 11.3. The number of hydrogen-bond acceptors (Lipinski definition) is 4. The highest BCUT2D eigenvalue weighted by molar-refractivity contribution is 5.89. The van der Waals surface area contributed by atoms with Crippen LogP contribution in [-0.2, 0) is 16.1 Å². The lowest BCUT2D eigenvalue weighted by Gasteiger charge is -2.26. The number of carbonyl (C=O) groups is 1. The maximum Gasteiger partial charge on any atom is 0.337 e. The molecule has 1 aromatic rings. The predicted molar refractivity (Wildman–Crippen MR) is 72.8 cm³/mol. The van der Waals surface area contributed by atoms with Crippen molar-refractivity contribution >= 4 is 5.97 Å². The molecule has 2 atom stereocenters. The Morgan fingerprint density at radius 3 is 2.68 bits per heavy atom. The Kier molecular flexibility index (Phi) is 4.93. The molecule has 1 aliphatic carbocycles. The third-order valence-corrected chi connectivity index (χ3v) is 3.53. The molecule has 0 radical (unpaired) electrons. The summed E-state index contributed by atoms with van der Waals surface area (Å²) in [6.45, 7) is 0.568. The quantitative estimate of drug-likeness (QED) is 0.846. The molecule has 2 N–H and O–H groups in total. The van der Waals surface area contributed by atoms with Crippen molar-refractivity contribution in [2.75, 3.05) is 7.11 Å². The maximum atomic E-state index is 11.3. The van der Waals surface area contributed by atoms with Crippen LogP contribution in [0.5, 0.6) is 0 Å². The lowest BCUT2D eigenvalue weighted by molar-refractivity contribution is 0.0122. The number of carbonyl (C=O) groups excluding carboxylic acids is 1. The molecule has 0 heterocycles. The van der Waals surface area contributed by atoms with Gasteiger partial charge in [0.1, 0.15) is 0 Å². The van der Waals surface area contributed by atoms with Crippen molar-refractivity contribution in [1.29, 1.82) is 0 Å². The van der Waals surface area contributed by atoms with Crippen LogP contribution in [0.3, 0.4) is 0 Å². The summed E-state index contributed by atoms with van der Waals surface area (Å²) in [6.07, 6.45) is 4.55. The summed E-state index contributed by atoms with van der Waals surface area (Å²) in [5.41, 5.74) is 7.55. The molecule has 0 aromatic heterocycles. The first-order chi connectivity index (χ1) is 9.19. The van der Waals surface area contributed by atoms with Crippen molar-refractivity contribution in [2.45, 2.75) is 44.4 Å². The van der Waals surface area contributed by atoms with Crippen LogP contribution >= 0.6 is 0 Å². The van der Waals surface area contributed by atoms with Crippen molar-refractivity contribution in [3.63, 3.8) is 0 Å². The maximum absolute atomic E-state index is 11.3. The second kappa shape index (κ2) is 6.68. The van der Waals surface area contributed by atoms with E-state index in [9.17, 15) is 4.79 Å². The van der Waals surface area contributed by atoms with Crippen molar-refractivity contribution in [3.05, 3.63) is 35.4 Å². The number of methoxy groups -OCH3 is 1. The summed E-state index contributed by atoms with van der Waals surface area (Å²) in [5.74, 6) is -0.314. The molecule has 1 aromatic carbocycles. The molecule has 0 amide bonds. The smallest absolute Gasteiger partial charge is 0.337 e. The monoisotopic (exact) mass is 263 g/mol. The zero-order chi connectivity index (χ0) is 13.7. The molecule has 4 nitrogen and oxygen atoms in total. The lowest BCUT2D eigenvalue weighted by atomic mass is 9.93. The summed E-state index contributed by atoms with van der Waals surface area (Å²) < 4.78 is 10.5. The minimum atomic E-state index is -0.314. The summed E-state index contributed by atoms with van der Waals surface area (Å²) in [5, 5.41) is 0. The van der Waals surface area contributed by atoms with E-state index in [4.69, 9.17) is 10.5 Å². The molecule has 2 rings (SSSR count). The second-order valence-corrected chi connectivity index (χ2v) is 5.05. The van der Waals surface area contributed by atoms with Crippen LogP contribution in [0, 0.1) is 0 Å². The van der Waals surface area contributed by atoms with Crippen LogP contribution in [0.15, 0.2) is 24.3 Å². The summed E-state index contributed by atoms with van der Waals surface area (Å²) in [4.78, 5) is 11.3. The number of nitrogens with two attached hydrogens (primary N) is 1. The molecule has 0 saturated heterocycles. The van der Waals surface area contributed by atoms with Crippen molar-refractivity contribution in [1.82, 2.24) is 0 Å². The molecule has 104 valence electrons. The second-order valence-electron chi connectivity index (χ2n) is 5.05. The molecule has 19 heavy (non-hydrogen) atoms. The van der Waals surface area contributed by atoms with E-state index in [2.05, 4.69) is 4.74 Å². The van der Waals surface area contributed by atoms with Crippen LogP contribution in [0.1, 0.15) is 41.6 Å². The molecule has 0 bridgehead atoms. The normalized spacial score (nSPS) is 23.1. The summed E-state index contributed by atoms with van der Waals surface area (Å²) in [7, 11) is 1.38. The van der Waals surface area contributed by atoms with Gasteiger partial charge in [-0.2, -0.15) is 0 Å². The molecule has 1 saturated carbocycles. The Bertz CT molecular complexity index is 416. The minimum Gasteiger partial charge on any atom is -0.465 e.